The summed E-state index contributed by atoms with van der Waals surface area (Å²) in [5, 5.41) is 8.99. The van der Waals surface area contributed by atoms with E-state index >= 15 is 0 Å². The van der Waals surface area contributed by atoms with Crippen LogP contribution >= 0.6 is 0 Å². The van der Waals surface area contributed by atoms with Gasteiger partial charge in [0.25, 0.3) is 0 Å². The third kappa shape index (κ3) is 3.19. The normalized spacial score (nSPS) is 29.1. The molecular weight excluding hydrogens is 216 g/mol. The molecule has 1 aliphatic rings. The minimum atomic E-state index is -0.363. The van der Waals surface area contributed by atoms with E-state index in [2.05, 4.69) is 6.92 Å². The number of amides is 1. The van der Waals surface area contributed by atoms with Gasteiger partial charge in [-0.05, 0) is 38.5 Å². The van der Waals surface area contributed by atoms with E-state index in [-0.39, 0.29) is 17.9 Å². The molecule has 3 N–H and O–H groups in total. The minimum absolute atomic E-state index is 0.0244. The zero-order valence-corrected chi connectivity index (χ0v) is 11.1. The molecular formula is C13H26N2O2. The highest BCUT2D eigenvalue weighted by Gasteiger charge is 2.41. The third-order valence-corrected chi connectivity index (χ3v) is 4.11. The Morgan fingerprint density at radius 2 is 2.06 bits per heavy atom. The average molecular weight is 242 g/mol. The van der Waals surface area contributed by atoms with Crippen molar-refractivity contribution in [3.63, 3.8) is 0 Å². The molecule has 0 unspecified atom stereocenters. The lowest BCUT2D eigenvalue weighted by molar-refractivity contribution is -0.144. The smallest absolute Gasteiger partial charge is 0.230 e. The van der Waals surface area contributed by atoms with Crippen molar-refractivity contribution >= 4 is 5.91 Å². The highest BCUT2D eigenvalue weighted by atomic mass is 16.3. The molecule has 17 heavy (non-hydrogen) atoms. The Kier molecular flexibility index (Phi) is 5.40. The van der Waals surface area contributed by atoms with Gasteiger partial charge < -0.3 is 15.7 Å². The molecule has 0 aromatic heterocycles. The highest BCUT2D eigenvalue weighted by Crippen LogP contribution is 2.39. The van der Waals surface area contributed by atoms with Crippen molar-refractivity contribution in [1.29, 1.82) is 0 Å². The number of carbonyl (C=O) groups excluding carboxylic acids is 1. The Morgan fingerprint density at radius 1 is 1.47 bits per heavy atom. The van der Waals surface area contributed by atoms with E-state index in [1.165, 1.54) is 0 Å². The first-order valence-electron chi connectivity index (χ1n) is 6.70. The van der Waals surface area contributed by atoms with E-state index in [1.807, 2.05) is 6.92 Å². The molecule has 1 amide bonds. The molecule has 0 heterocycles. The van der Waals surface area contributed by atoms with Gasteiger partial charge >= 0.3 is 0 Å². The van der Waals surface area contributed by atoms with Gasteiger partial charge in [0.1, 0.15) is 0 Å². The van der Waals surface area contributed by atoms with Crippen LogP contribution in [-0.2, 0) is 4.79 Å². The van der Waals surface area contributed by atoms with E-state index in [0.717, 1.165) is 25.7 Å². The summed E-state index contributed by atoms with van der Waals surface area (Å²) in [5.74, 6) is 0.846. The molecule has 1 rings (SSSR count). The highest BCUT2D eigenvalue weighted by molar-refractivity contribution is 5.83. The molecule has 1 aliphatic carbocycles. The number of aliphatic hydroxyl groups excluding tert-OH is 1. The first kappa shape index (κ1) is 14.5. The van der Waals surface area contributed by atoms with Crippen LogP contribution in [0.25, 0.3) is 0 Å². The van der Waals surface area contributed by atoms with Gasteiger partial charge in [0.15, 0.2) is 0 Å². The van der Waals surface area contributed by atoms with Gasteiger partial charge in [-0.15, -0.1) is 0 Å². The van der Waals surface area contributed by atoms with Crippen molar-refractivity contribution in [1.82, 2.24) is 4.90 Å². The maximum Gasteiger partial charge on any atom is 0.230 e. The number of rotatable bonds is 5. The summed E-state index contributed by atoms with van der Waals surface area (Å²) < 4.78 is 0. The molecule has 4 heteroatoms. The van der Waals surface area contributed by atoms with Gasteiger partial charge in [-0.25, -0.2) is 0 Å². The second kappa shape index (κ2) is 6.36. The summed E-state index contributed by atoms with van der Waals surface area (Å²) >= 11 is 0. The molecule has 0 aromatic carbocycles. The van der Waals surface area contributed by atoms with Crippen molar-refractivity contribution in [2.75, 3.05) is 26.2 Å². The summed E-state index contributed by atoms with van der Waals surface area (Å²) in [5.41, 5.74) is 5.50. The topological polar surface area (TPSA) is 66.6 Å². The van der Waals surface area contributed by atoms with E-state index in [0.29, 0.717) is 25.6 Å². The van der Waals surface area contributed by atoms with Crippen molar-refractivity contribution in [3.05, 3.63) is 0 Å². The fourth-order valence-electron chi connectivity index (χ4n) is 2.68. The van der Waals surface area contributed by atoms with Gasteiger partial charge in [0.05, 0.1) is 12.0 Å². The van der Waals surface area contributed by atoms with Crippen LogP contribution < -0.4 is 5.73 Å². The maximum atomic E-state index is 12.5. The van der Waals surface area contributed by atoms with Crippen LogP contribution in [-0.4, -0.2) is 42.2 Å². The molecule has 1 fully saturated rings. The quantitative estimate of drug-likeness (QED) is 0.755. The Bertz CT molecular complexity index is 248. The van der Waals surface area contributed by atoms with Crippen molar-refractivity contribution in [2.45, 2.75) is 39.5 Å². The summed E-state index contributed by atoms with van der Waals surface area (Å²) in [6, 6.07) is 0. The predicted molar refractivity (Wildman–Crippen MR) is 68.5 cm³/mol. The second-order valence-electron chi connectivity index (χ2n) is 5.28. The minimum Gasteiger partial charge on any atom is -0.395 e. The Labute approximate surface area is 104 Å². The van der Waals surface area contributed by atoms with Gasteiger partial charge in [-0.1, -0.05) is 6.92 Å². The summed E-state index contributed by atoms with van der Waals surface area (Å²) in [6.07, 6.45) is 3.95. The zero-order valence-electron chi connectivity index (χ0n) is 11.1. The summed E-state index contributed by atoms with van der Waals surface area (Å²) in [7, 11) is 0. The van der Waals surface area contributed by atoms with E-state index in [9.17, 15) is 4.79 Å². The lowest BCUT2D eigenvalue weighted by Gasteiger charge is -2.40. The first-order valence-corrected chi connectivity index (χ1v) is 6.70. The Morgan fingerprint density at radius 3 is 2.47 bits per heavy atom. The fourth-order valence-corrected chi connectivity index (χ4v) is 2.68. The van der Waals surface area contributed by atoms with Crippen LogP contribution in [0.5, 0.6) is 0 Å². The van der Waals surface area contributed by atoms with Crippen LogP contribution in [0.3, 0.4) is 0 Å². The zero-order chi connectivity index (χ0) is 12.9. The lowest BCUT2D eigenvalue weighted by atomic mass is 9.70. The van der Waals surface area contributed by atoms with Crippen molar-refractivity contribution < 1.29 is 9.90 Å². The molecule has 0 radical (unpaired) electrons. The van der Waals surface area contributed by atoms with E-state index in [1.54, 1.807) is 4.90 Å². The molecule has 0 aliphatic heterocycles. The first-order chi connectivity index (χ1) is 8.09. The average Bonchev–Trinajstić information content (AvgIpc) is 2.36. The molecule has 0 aromatic rings. The van der Waals surface area contributed by atoms with Gasteiger partial charge in [-0.2, -0.15) is 0 Å². The lowest BCUT2D eigenvalue weighted by Crippen LogP contribution is -2.50. The fraction of sp³-hybridized carbons (Fsp3) is 0.923. The number of carbonyl (C=O) groups is 1. The maximum absolute atomic E-state index is 12.5. The number of hydrogen-bond acceptors (Lipinski definition) is 3. The third-order valence-electron chi connectivity index (χ3n) is 4.11. The van der Waals surface area contributed by atoms with E-state index < -0.39 is 0 Å². The summed E-state index contributed by atoms with van der Waals surface area (Å²) in [4.78, 5) is 14.3. The van der Waals surface area contributed by atoms with Crippen LogP contribution in [0.4, 0.5) is 0 Å². The van der Waals surface area contributed by atoms with Gasteiger partial charge in [-0.3, -0.25) is 4.79 Å². The van der Waals surface area contributed by atoms with Gasteiger partial charge in [0.2, 0.25) is 5.91 Å². The Hall–Kier alpha value is -0.610. The molecule has 0 spiro atoms. The molecule has 100 valence electrons. The standard InChI is InChI=1S/C13H26N2O2/c1-3-15(8-9-16)12(17)13(10-14)6-4-11(2)5-7-13/h11,16H,3-10,14H2,1-2H3. The predicted octanol–water partition coefficient (Wildman–Crippen LogP) is 0.982. The number of likely N-dealkylation sites (N-methyl/N-ethyl adjacent to an activating group) is 1. The van der Waals surface area contributed by atoms with Crippen LogP contribution in [0.1, 0.15) is 39.5 Å². The van der Waals surface area contributed by atoms with Crippen molar-refractivity contribution in [3.8, 4) is 0 Å². The number of hydrogen-bond donors (Lipinski definition) is 2. The molecule has 1 saturated carbocycles. The molecule has 0 bridgehead atoms. The summed E-state index contributed by atoms with van der Waals surface area (Å²) in [6.45, 7) is 5.71. The number of aliphatic hydroxyl groups is 1. The molecule has 4 nitrogen and oxygen atoms in total. The van der Waals surface area contributed by atoms with Crippen LogP contribution in [0.2, 0.25) is 0 Å². The Balaban J connectivity index is 2.74. The van der Waals surface area contributed by atoms with E-state index in [4.69, 9.17) is 10.8 Å². The number of nitrogens with zero attached hydrogens (tertiary/aromatic N) is 1. The SMILES string of the molecule is CCN(CCO)C(=O)C1(CN)CCC(C)CC1. The number of nitrogens with two attached hydrogens (primary N) is 1. The van der Waals surface area contributed by atoms with Crippen LogP contribution in [0.15, 0.2) is 0 Å². The van der Waals surface area contributed by atoms with Crippen LogP contribution in [0, 0.1) is 11.3 Å². The monoisotopic (exact) mass is 242 g/mol. The van der Waals surface area contributed by atoms with Gasteiger partial charge in [0, 0.05) is 19.6 Å². The second-order valence-corrected chi connectivity index (χ2v) is 5.28. The van der Waals surface area contributed by atoms with Crippen molar-refractivity contribution in [2.24, 2.45) is 17.1 Å². The largest absolute Gasteiger partial charge is 0.395 e. The molecule has 0 atom stereocenters. The molecule has 0 saturated heterocycles.